The Kier molecular flexibility index (Phi) is 3.36. The van der Waals surface area contributed by atoms with Crippen LogP contribution in [0, 0.1) is 0 Å². The molecule has 1 aromatic rings. The average Bonchev–Trinajstić information content (AvgIpc) is 2.16. The Balaban J connectivity index is 2.05. The summed E-state index contributed by atoms with van der Waals surface area (Å²) in [6, 6.07) is 6.94. The van der Waals surface area contributed by atoms with E-state index in [4.69, 9.17) is 16.3 Å². The smallest absolute Gasteiger partial charge is 0.365 e. The number of aryl methyl sites for hydroxylation is 1. The second kappa shape index (κ2) is 4.50. The van der Waals surface area contributed by atoms with Crippen molar-refractivity contribution in [1.82, 2.24) is 0 Å². The molecule has 1 saturated heterocycles. The first-order chi connectivity index (χ1) is 7.95. The quantitative estimate of drug-likeness (QED) is 0.802. The van der Waals surface area contributed by atoms with Crippen molar-refractivity contribution in [2.45, 2.75) is 31.0 Å². The van der Waals surface area contributed by atoms with Crippen LogP contribution in [0.3, 0.4) is 0 Å². The lowest BCUT2D eigenvalue weighted by atomic mass is 9.87. The van der Waals surface area contributed by atoms with E-state index in [1.165, 1.54) is 0 Å². The molecule has 1 fully saturated rings. The normalized spacial score (nSPS) is 24.5. The van der Waals surface area contributed by atoms with Gasteiger partial charge in [-0.25, -0.2) is 0 Å². The predicted molar refractivity (Wildman–Crippen MR) is 59.1 cm³/mol. The molecule has 0 spiro atoms. The first kappa shape index (κ1) is 12.7. The van der Waals surface area contributed by atoms with Gasteiger partial charge >= 0.3 is 6.18 Å². The predicted octanol–water partition coefficient (Wildman–Crippen LogP) is 3.99. The fourth-order valence-electron chi connectivity index (χ4n) is 1.95. The van der Waals surface area contributed by atoms with Crippen molar-refractivity contribution in [3.63, 3.8) is 0 Å². The Morgan fingerprint density at radius 2 is 1.94 bits per heavy atom. The Morgan fingerprint density at radius 3 is 2.41 bits per heavy atom. The number of rotatable bonds is 3. The Hall–Kier alpha value is -0.740. The van der Waals surface area contributed by atoms with Gasteiger partial charge in [0.1, 0.15) is 0 Å². The summed E-state index contributed by atoms with van der Waals surface area (Å²) in [6.45, 7) is 0.183. The van der Waals surface area contributed by atoms with Gasteiger partial charge in [0.25, 0.3) is 0 Å². The van der Waals surface area contributed by atoms with E-state index in [1.807, 2.05) is 0 Å². The van der Waals surface area contributed by atoms with Gasteiger partial charge in [-0.2, -0.15) is 13.2 Å². The molecule has 1 aliphatic heterocycles. The Morgan fingerprint density at radius 1 is 1.29 bits per heavy atom. The van der Waals surface area contributed by atoms with Crippen molar-refractivity contribution < 1.29 is 17.9 Å². The topological polar surface area (TPSA) is 9.23 Å². The molecule has 5 heteroatoms. The summed E-state index contributed by atoms with van der Waals surface area (Å²) in [6.07, 6.45) is -4.05. The first-order valence-corrected chi connectivity index (χ1v) is 5.76. The second-order valence-corrected chi connectivity index (χ2v) is 4.59. The van der Waals surface area contributed by atoms with Gasteiger partial charge in [-0.05, 0) is 24.5 Å². The van der Waals surface area contributed by atoms with Crippen LogP contribution in [-0.4, -0.2) is 18.4 Å². The van der Waals surface area contributed by atoms with Crippen LogP contribution in [0.1, 0.15) is 18.4 Å². The lowest BCUT2D eigenvalue weighted by Crippen LogP contribution is -2.55. The van der Waals surface area contributed by atoms with Gasteiger partial charge in [0.2, 0.25) is 0 Å². The van der Waals surface area contributed by atoms with Gasteiger partial charge < -0.3 is 4.74 Å². The molecule has 0 N–H and O–H groups in total. The second-order valence-electron chi connectivity index (χ2n) is 4.18. The molecule has 0 aromatic heterocycles. The summed E-state index contributed by atoms with van der Waals surface area (Å²) in [5.74, 6) is 0. The highest BCUT2D eigenvalue weighted by Crippen LogP contribution is 2.45. The summed E-state index contributed by atoms with van der Waals surface area (Å²) in [5.41, 5.74) is -1.22. The third-order valence-corrected chi connectivity index (χ3v) is 3.53. The van der Waals surface area contributed by atoms with Crippen LogP contribution in [0.15, 0.2) is 24.3 Å². The fourth-order valence-corrected chi connectivity index (χ4v) is 2.18. The number of benzene rings is 1. The molecule has 1 atom stereocenters. The summed E-state index contributed by atoms with van der Waals surface area (Å²) in [5, 5.41) is 0.504. The van der Waals surface area contributed by atoms with E-state index >= 15 is 0 Å². The van der Waals surface area contributed by atoms with Crippen molar-refractivity contribution in [1.29, 1.82) is 0 Å². The number of hydrogen-bond donors (Lipinski definition) is 0. The van der Waals surface area contributed by atoms with Crippen LogP contribution < -0.4 is 0 Å². The maximum Gasteiger partial charge on any atom is 0.417 e. The highest BCUT2D eigenvalue weighted by molar-refractivity contribution is 6.31. The summed E-state index contributed by atoms with van der Waals surface area (Å²) < 4.78 is 43.2. The van der Waals surface area contributed by atoms with Crippen molar-refractivity contribution in [2.75, 3.05) is 6.61 Å². The van der Waals surface area contributed by atoms with Gasteiger partial charge in [-0.1, -0.05) is 29.8 Å². The van der Waals surface area contributed by atoms with Crippen molar-refractivity contribution >= 4 is 11.6 Å². The maximum atomic E-state index is 12.8. The summed E-state index contributed by atoms with van der Waals surface area (Å²) >= 11 is 5.91. The van der Waals surface area contributed by atoms with Gasteiger partial charge in [0.15, 0.2) is 5.60 Å². The first-order valence-electron chi connectivity index (χ1n) is 5.39. The van der Waals surface area contributed by atoms with E-state index in [-0.39, 0.29) is 25.9 Å². The van der Waals surface area contributed by atoms with E-state index in [0.29, 0.717) is 5.02 Å². The molecule has 0 radical (unpaired) electrons. The maximum absolute atomic E-state index is 12.8. The van der Waals surface area contributed by atoms with Crippen molar-refractivity contribution in [3.8, 4) is 0 Å². The molecule has 0 bridgehead atoms. The minimum absolute atomic E-state index is 0.0426. The highest BCUT2D eigenvalue weighted by atomic mass is 35.5. The standard InChI is InChI=1S/C12H12ClF3O/c13-10-4-2-1-3-9(10)5-6-11(7-8-17-11)12(14,15)16/h1-4H,5-8H2. The Bertz CT molecular complexity index is 399. The molecule has 0 amide bonds. The molecule has 94 valence electrons. The largest absolute Gasteiger partial charge is 0.417 e. The van der Waals surface area contributed by atoms with Gasteiger partial charge in [-0.3, -0.25) is 0 Å². The van der Waals surface area contributed by atoms with E-state index < -0.39 is 11.8 Å². The number of hydrogen-bond acceptors (Lipinski definition) is 1. The number of alkyl halides is 3. The lowest BCUT2D eigenvalue weighted by Gasteiger charge is -2.43. The molecule has 1 unspecified atom stereocenters. The van der Waals surface area contributed by atoms with Crippen LogP contribution in [0.4, 0.5) is 13.2 Å². The lowest BCUT2D eigenvalue weighted by molar-refractivity contribution is -0.327. The summed E-state index contributed by atoms with van der Waals surface area (Å²) in [4.78, 5) is 0. The van der Waals surface area contributed by atoms with E-state index in [0.717, 1.165) is 5.56 Å². The molecule has 0 saturated carbocycles. The molecule has 2 rings (SSSR count). The Labute approximate surface area is 103 Å². The molecule has 0 aliphatic carbocycles. The number of ether oxygens (including phenoxy) is 1. The minimum Gasteiger partial charge on any atom is -0.365 e. The molecule has 1 aromatic carbocycles. The molecule has 1 nitrogen and oxygen atoms in total. The number of halogens is 4. The van der Waals surface area contributed by atoms with Crippen LogP contribution in [0.5, 0.6) is 0 Å². The summed E-state index contributed by atoms with van der Waals surface area (Å²) in [7, 11) is 0. The third-order valence-electron chi connectivity index (χ3n) is 3.16. The fraction of sp³-hybridized carbons (Fsp3) is 0.500. The third kappa shape index (κ3) is 2.43. The zero-order valence-electron chi connectivity index (χ0n) is 9.06. The van der Waals surface area contributed by atoms with Crippen molar-refractivity contribution in [3.05, 3.63) is 34.9 Å². The van der Waals surface area contributed by atoms with E-state index in [9.17, 15) is 13.2 Å². The zero-order chi connectivity index (χ0) is 12.5. The monoisotopic (exact) mass is 264 g/mol. The van der Waals surface area contributed by atoms with Crippen LogP contribution in [-0.2, 0) is 11.2 Å². The SMILES string of the molecule is FC(F)(F)C1(CCc2ccccc2Cl)CCO1. The van der Waals surface area contributed by atoms with Crippen molar-refractivity contribution in [2.24, 2.45) is 0 Å². The van der Waals surface area contributed by atoms with Crippen LogP contribution >= 0.6 is 11.6 Å². The molecule has 1 aliphatic rings. The average molecular weight is 265 g/mol. The molecular weight excluding hydrogens is 253 g/mol. The zero-order valence-corrected chi connectivity index (χ0v) is 9.81. The van der Waals surface area contributed by atoms with Gasteiger partial charge in [0.05, 0.1) is 6.61 Å². The van der Waals surface area contributed by atoms with Gasteiger partial charge in [0, 0.05) is 11.4 Å². The van der Waals surface area contributed by atoms with Gasteiger partial charge in [-0.15, -0.1) is 0 Å². The van der Waals surface area contributed by atoms with Crippen LogP contribution in [0.25, 0.3) is 0 Å². The molecule has 1 heterocycles. The molecule has 17 heavy (non-hydrogen) atoms. The van der Waals surface area contributed by atoms with E-state index in [2.05, 4.69) is 0 Å². The molecular formula is C12H12ClF3O. The van der Waals surface area contributed by atoms with Crippen LogP contribution in [0.2, 0.25) is 5.02 Å². The minimum atomic E-state index is -4.30. The highest BCUT2D eigenvalue weighted by Gasteiger charge is 2.59. The van der Waals surface area contributed by atoms with E-state index in [1.54, 1.807) is 24.3 Å².